The lowest BCUT2D eigenvalue weighted by Crippen LogP contribution is -2.30. The van der Waals surface area contributed by atoms with Crippen LogP contribution in [0.2, 0.25) is 0 Å². The van der Waals surface area contributed by atoms with Crippen LogP contribution in [0.5, 0.6) is 0 Å². The molecule has 2 atom stereocenters. The second-order valence-corrected chi connectivity index (χ2v) is 17.0. The van der Waals surface area contributed by atoms with Crippen LogP contribution in [0, 0.1) is 5.92 Å². The van der Waals surface area contributed by atoms with Gasteiger partial charge in [-0.15, -0.1) is 0 Å². The van der Waals surface area contributed by atoms with E-state index in [2.05, 4.69) is 27.7 Å². The molecule has 0 rings (SSSR count). The number of rotatable bonds is 44. The van der Waals surface area contributed by atoms with E-state index in [1.54, 1.807) is 0 Å². The van der Waals surface area contributed by atoms with Gasteiger partial charge in [-0.3, -0.25) is 14.4 Å². The van der Waals surface area contributed by atoms with Crippen molar-refractivity contribution in [3.05, 3.63) is 0 Å². The molecule has 0 aromatic carbocycles. The molecule has 326 valence electrons. The molecule has 1 unspecified atom stereocenters. The van der Waals surface area contributed by atoms with Crippen LogP contribution in [0.4, 0.5) is 0 Å². The van der Waals surface area contributed by atoms with Crippen LogP contribution in [0.15, 0.2) is 0 Å². The van der Waals surface area contributed by atoms with Crippen molar-refractivity contribution < 1.29 is 28.6 Å². The van der Waals surface area contributed by atoms with E-state index >= 15 is 0 Å². The zero-order chi connectivity index (χ0) is 40.3. The maximum atomic E-state index is 12.7. The molecule has 0 aromatic heterocycles. The van der Waals surface area contributed by atoms with Crippen LogP contribution >= 0.6 is 0 Å². The van der Waals surface area contributed by atoms with Crippen molar-refractivity contribution in [3.8, 4) is 0 Å². The van der Waals surface area contributed by atoms with E-state index in [9.17, 15) is 14.4 Å². The molecule has 6 nitrogen and oxygen atoms in total. The van der Waals surface area contributed by atoms with E-state index in [1.807, 2.05) is 0 Å². The Morgan fingerprint density at radius 1 is 0.364 bits per heavy atom. The minimum atomic E-state index is -0.760. The highest BCUT2D eigenvalue weighted by Crippen LogP contribution is 2.17. The molecular weight excluding hydrogens is 685 g/mol. The number of unbranched alkanes of at least 4 members (excludes halogenated alkanes) is 30. The zero-order valence-electron chi connectivity index (χ0n) is 37.4. The van der Waals surface area contributed by atoms with E-state index in [-0.39, 0.29) is 31.1 Å². The van der Waals surface area contributed by atoms with Crippen molar-refractivity contribution in [1.29, 1.82) is 0 Å². The topological polar surface area (TPSA) is 78.9 Å². The third-order valence-electron chi connectivity index (χ3n) is 11.4. The highest BCUT2D eigenvalue weighted by molar-refractivity contribution is 5.71. The van der Waals surface area contributed by atoms with Gasteiger partial charge in [-0.25, -0.2) is 0 Å². The van der Waals surface area contributed by atoms with Crippen molar-refractivity contribution in [3.63, 3.8) is 0 Å². The summed E-state index contributed by atoms with van der Waals surface area (Å²) in [6, 6.07) is 0. The van der Waals surface area contributed by atoms with E-state index < -0.39 is 6.10 Å². The van der Waals surface area contributed by atoms with Crippen LogP contribution in [-0.2, 0) is 28.6 Å². The maximum absolute atomic E-state index is 12.7. The standard InChI is InChI=1S/C49H94O6/c1-5-8-10-12-14-16-18-19-20-21-22-24-26-28-33-37-41-48(51)54-44-46(55-49(52)42-38-34-30-29-31-35-39-45(4)7-3)43-53-47(50)40-36-32-27-25-23-17-15-13-11-9-6-2/h45-46H,5-44H2,1-4H3/t45?,46-/m1/s1. The number of carbonyl (C=O) groups excluding carboxylic acids is 3. The lowest BCUT2D eigenvalue weighted by Gasteiger charge is -2.18. The molecule has 0 N–H and O–H groups in total. The van der Waals surface area contributed by atoms with Gasteiger partial charge in [0.25, 0.3) is 0 Å². The van der Waals surface area contributed by atoms with Crippen molar-refractivity contribution >= 4 is 17.9 Å². The third kappa shape index (κ3) is 41.9. The fraction of sp³-hybridized carbons (Fsp3) is 0.939. The highest BCUT2D eigenvalue weighted by atomic mass is 16.6. The summed E-state index contributed by atoms with van der Waals surface area (Å²) in [5.41, 5.74) is 0. The molecule has 0 spiro atoms. The second-order valence-electron chi connectivity index (χ2n) is 17.0. The SMILES string of the molecule is CCCCCCCCCCCCCCCCCCC(=O)OC[C@@H](COC(=O)CCCCCCCCCCCCC)OC(=O)CCCCCCCCC(C)CC. The predicted octanol–water partition coefficient (Wildman–Crippen LogP) is 15.5. The summed E-state index contributed by atoms with van der Waals surface area (Å²) in [4.78, 5) is 37.8. The van der Waals surface area contributed by atoms with Gasteiger partial charge in [-0.1, -0.05) is 233 Å². The Labute approximate surface area is 342 Å². The van der Waals surface area contributed by atoms with Gasteiger partial charge < -0.3 is 14.2 Å². The number of hydrogen-bond acceptors (Lipinski definition) is 6. The van der Waals surface area contributed by atoms with E-state index in [4.69, 9.17) is 14.2 Å². The third-order valence-corrected chi connectivity index (χ3v) is 11.4. The molecule has 0 aliphatic heterocycles. The van der Waals surface area contributed by atoms with Crippen LogP contribution in [0.1, 0.15) is 272 Å². The summed E-state index contributed by atoms with van der Waals surface area (Å²) in [6.07, 6.45) is 43.7. The molecule has 0 heterocycles. The molecular formula is C49H94O6. The van der Waals surface area contributed by atoms with Crippen molar-refractivity contribution in [2.45, 2.75) is 278 Å². The zero-order valence-corrected chi connectivity index (χ0v) is 37.4. The van der Waals surface area contributed by atoms with Crippen LogP contribution in [-0.4, -0.2) is 37.2 Å². The normalized spacial score (nSPS) is 12.4. The molecule has 0 saturated heterocycles. The van der Waals surface area contributed by atoms with E-state index in [0.717, 1.165) is 63.7 Å². The Kier molecular flexibility index (Phi) is 42.3. The molecule has 0 radical (unpaired) electrons. The Balaban J connectivity index is 4.28. The molecule has 0 aromatic rings. The summed E-state index contributed by atoms with van der Waals surface area (Å²) < 4.78 is 16.7. The van der Waals surface area contributed by atoms with Gasteiger partial charge in [-0.2, -0.15) is 0 Å². The molecule has 0 bridgehead atoms. The Morgan fingerprint density at radius 3 is 0.945 bits per heavy atom. The second kappa shape index (κ2) is 43.5. The van der Waals surface area contributed by atoms with Gasteiger partial charge in [0, 0.05) is 19.3 Å². The monoisotopic (exact) mass is 779 g/mol. The van der Waals surface area contributed by atoms with Crippen LogP contribution in [0.25, 0.3) is 0 Å². The fourth-order valence-electron chi connectivity index (χ4n) is 7.30. The van der Waals surface area contributed by atoms with Crippen LogP contribution < -0.4 is 0 Å². The lowest BCUT2D eigenvalue weighted by molar-refractivity contribution is -0.167. The molecule has 55 heavy (non-hydrogen) atoms. The Morgan fingerprint density at radius 2 is 0.636 bits per heavy atom. The average Bonchev–Trinajstić information content (AvgIpc) is 3.18. The minimum absolute atomic E-state index is 0.0641. The molecule has 0 fully saturated rings. The maximum Gasteiger partial charge on any atom is 0.306 e. The van der Waals surface area contributed by atoms with Crippen molar-refractivity contribution in [2.24, 2.45) is 5.92 Å². The lowest BCUT2D eigenvalue weighted by atomic mass is 10.00. The molecule has 0 amide bonds. The number of hydrogen-bond donors (Lipinski definition) is 0. The first-order valence-corrected chi connectivity index (χ1v) is 24.4. The van der Waals surface area contributed by atoms with Gasteiger partial charge in [-0.05, 0) is 25.2 Å². The quantitative estimate of drug-likeness (QED) is 0.0348. The summed E-state index contributed by atoms with van der Waals surface area (Å²) >= 11 is 0. The van der Waals surface area contributed by atoms with Gasteiger partial charge in [0.15, 0.2) is 6.10 Å². The number of ether oxygens (including phenoxy) is 3. The van der Waals surface area contributed by atoms with Crippen molar-refractivity contribution in [1.82, 2.24) is 0 Å². The van der Waals surface area contributed by atoms with Crippen LogP contribution in [0.3, 0.4) is 0 Å². The first-order chi connectivity index (χ1) is 26.9. The predicted molar refractivity (Wildman–Crippen MR) is 233 cm³/mol. The van der Waals surface area contributed by atoms with Gasteiger partial charge in [0.2, 0.25) is 0 Å². The number of esters is 3. The molecule has 0 aliphatic rings. The van der Waals surface area contributed by atoms with Crippen molar-refractivity contribution in [2.75, 3.05) is 13.2 Å². The molecule has 0 saturated carbocycles. The van der Waals surface area contributed by atoms with Gasteiger partial charge in [0.05, 0.1) is 0 Å². The van der Waals surface area contributed by atoms with Gasteiger partial charge in [0.1, 0.15) is 13.2 Å². The van der Waals surface area contributed by atoms with E-state index in [1.165, 1.54) is 167 Å². The minimum Gasteiger partial charge on any atom is -0.462 e. The van der Waals surface area contributed by atoms with Gasteiger partial charge >= 0.3 is 17.9 Å². The Bertz CT molecular complexity index is 828. The Hall–Kier alpha value is -1.59. The fourth-order valence-corrected chi connectivity index (χ4v) is 7.30. The largest absolute Gasteiger partial charge is 0.462 e. The summed E-state index contributed by atoms with van der Waals surface area (Å²) in [5.74, 6) is -0.0431. The number of carbonyl (C=O) groups is 3. The summed E-state index contributed by atoms with van der Waals surface area (Å²) in [6.45, 7) is 8.98. The molecule has 6 heteroatoms. The average molecular weight is 779 g/mol. The van der Waals surface area contributed by atoms with E-state index in [0.29, 0.717) is 19.3 Å². The first-order valence-electron chi connectivity index (χ1n) is 24.4. The summed E-state index contributed by atoms with van der Waals surface area (Å²) in [7, 11) is 0. The first kappa shape index (κ1) is 53.4. The summed E-state index contributed by atoms with van der Waals surface area (Å²) in [5, 5.41) is 0. The molecule has 0 aliphatic carbocycles. The smallest absolute Gasteiger partial charge is 0.306 e. The highest BCUT2D eigenvalue weighted by Gasteiger charge is 2.19.